The second kappa shape index (κ2) is 14.8. The number of carboxylic acids is 1. The van der Waals surface area contributed by atoms with E-state index in [0.29, 0.717) is 31.0 Å². The van der Waals surface area contributed by atoms with Crippen LogP contribution in [0.3, 0.4) is 0 Å². The molecule has 3 aromatic rings. The first kappa shape index (κ1) is 29.5. The summed E-state index contributed by atoms with van der Waals surface area (Å²) in [5, 5.41) is 14.2. The Balaban J connectivity index is 0.00000456. The van der Waals surface area contributed by atoms with E-state index in [1.165, 1.54) is 11.8 Å². The van der Waals surface area contributed by atoms with Crippen LogP contribution in [0.1, 0.15) is 33.5 Å². The van der Waals surface area contributed by atoms with Gasteiger partial charge in [-0.15, -0.1) is 0 Å². The zero-order valence-corrected chi connectivity index (χ0v) is 22.0. The Morgan fingerprint density at radius 3 is 2.42 bits per heavy atom. The molecule has 8 heteroatoms. The largest absolute Gasteiger partial charge is 1.00 e. The minimum Gasteiger partial charge on any atom is -0.548 e. The number of aryl methyl sites for hydroxylation is 1. The quantitative estimate of drug-likeness (QED) is 0.374. The molecule has 3 rings (SSSR count). The van der Waals surface area contributed by atoms with E-state index < -0.39 is 17.9 Å². The van der Waals surface area contributed by atoms with E-state index >= 15 is 0 Å². The molecule has 1 N–H and O–H groups in total. The number of amides is 1. The Labute approximate surface area is 229 Å². The van der Waals surface area contributed by atoms with Crippen LogP contribution in [0.2, 0.25) is 0 Å². The van der Waals surface area contributed by atoms with Gasteiger partial charge in [0.2, 0.25) is 0 Å². The van der Waals surface area contributed by atoms with Crippen molar-refractivity contribution in [2.24, 2.45) is 0 Å². The molecule has 0 heterocycles. The third kappa shape index (κ3) is 7.91. The van der Waals surface area contributed by atoms with Crippen LogP contribution in [-0.4, -0.2) is 37.0 Å². The summed E-state index contributed by atoms with van der Waals surface area (Å²) in [7, 11) is 1.63. The fraction of sp³-hybridized carbons (Fsp3) is 0.286. The van der Waals surface area contributed by atoms with Crippen LogP contribution in [0, 0.1) is 6.92 Å². The van der Waals surface area contributed by atoms with Crippen molar-refractivity contribution in [2.75, 3.05) is 19.1 Å². The van der Waals surface area contributed by atoms with Crippen LogP contribution in [0.25, 0.3) is 11.1 Å². The summed E-state index contributed by atoms with van der Waals surface area (Å²) < 4.78 is 11.3. The van der Waals surface area contributed by atoms with Crippen molar-refractivity contribution in [3.8, 4) is 16.9 Å². The molecule has 0 aliphatic heterocycles. The number of para-hydroxylation sites is 1. The van der Waals surface area contributed by atoms with E-state index in [4.69, 9.17) is 9.47 Å². The van der Waals surface area contributed by atoms with E-state index in [1.54, 1.807) is 13.2 Å². The topological polar surface area (TPSA) is 87.7 Å². The fourth-order valence-corrected chi connectivity index (χ4v) is 4.27. The Hall–Kier alpha value is -2.69. The number of hydrogen-bond acceptors (Lipinski definition) is 6. The number of nitrogens with one attached hydrogen (secondary N) is 1. The van der Waals surface area contributed by atoms with Crippen LogP contribution in [0.5, 0.6) is 5.75 Å². The summed E-state index contributed by atoms with van der Waals surface area (Å²) in [6.45, 7) is 2.70. The predicted octanol–water partition coefficient (Wildman–Crippen LogP) is 0.993. The maximum Gasteiger partial charge on any atom is 1.00 e. The molecule has 3 aromatic carbocycles. The van der Waals surface area contributed by atoms with Gasteiger partial charge in [0.15, 0.2) is 0 Å². The Morgan fingerprint density at radius 2 is 1.72 bits per heavy atom. The number of carboxylic acid groups (broad SMARTS) is 1. The van der Waals surface area contributed by atoms with Gasteiger partial charge in [-0.2, -0.15) is 11.8 Å². The molecule has 0 aliphatic carbocycles. The SMILES string of the molecule is COc1ccccc1COCc1ccc(C(=O)N[C@@H](CCSC)C(=O)[O-])c(-c2ccccc2C)c1.[Li+]. The van der Waals surface area contributed by atoms with Crippen molar-refractivity contribution in [2.45, 2.75) is 32.6 Å². The summed E-state index contributed by atoms with van der Waals surface area (Å²) >= 11 is 1.52. The summed E-state index contributed by atoms with van der Waals surface area (Å²) in [5.74, 6) is -0.359. The molecule has 0 spiro atoms. The predicted molar refractivity (Wildman–Crippen MR) is 137 cm³/mol. The number of carbonyl (C=O) groups excluding carboxylic acids is 2. The van der Waals surface area contributed by atoms with Gasteiger partial charge < -0.3 is 24.7 Å². The second-order valence-corrected chi connectivity index (χ2v) is 9.11. The van der Waals surface area contributed by atoms with Crippen LogP contribution < -0.4 is 34.0 Å². The Bertz CT molecular complexity index is 1170. The first-order valence-corrected chi connectivity index (χ1v) is 12.7. The molecule has 0 fully saturated rings. The summed E-state index contributed by atoms with van der Waals surface area (Å²) in [4.78, 5) is 24.7. The van der Waals surface area contributed by atoms with Crippen LogP contribution >= 0.6 is 11.8 Å². The molecule has 36 heavy (non-hydrogen) atoms. The fourth-order valence-electron chi connectivity index (χ4n) is 3.80. The van der Waals surface area contributed by atoms with Crippen LogP contribution in [0.15, 0.2) is 66.7 Å². The molecule has 0 aliphatic rings. The zero-order valence-electron chi connectivity index (χ0n) is 21.2. The number of thioether (sulfide) groups is 1. The van der Waals surface area contributed by atoms with Crippen molar-refractivity contribution in [1.29, 1.82) is 0 Å². The van der Waals surface area contributed by atoms with Gasteiger partial charge in [0, 0.05) is 11.1 Å². The van der Waals surface area contributed by atoms with Crippen molar-refractivity contribution in [3.63, 3.8) is 0 Å². The van der Waals surface area contributed by atoms with Gasteiger partial charge >= 0.3 is 18.9 Å². The molecule has 184 valence electrons. The monoisotopic (exact) mass is 499 g/mol. The Morgan fingerprint density at radius 1 is 1.00 bits per heavy atom. The van der Waals surface area contributed by atoms with E-state index in [2.05, 4.69) is 5.32 Å². The number of aliphatic carboxylic acids is 1. The van der Waals surface area contributed by atoms with E-state index in [-0.39, 0.29) is 18.9 Å². The maximum absolute atomic E-state index is 13.2. The van der Waals surface area contributed by atoms with Gasteiger partial charge in [0.25, 0.3) is 5.91 Å². The molecule has 0 aromatic heterocycles. The molecular formula is C28H30LiNO5S. The van der Waals surface area contributed by atoms with Crippen LogP contribution in [0.4, 0.5) is 0 Å². The second-order valence-electron chi connectivity index (χ2n) is 8.13. The first-order valence-electron chi connectivity index (χ1n) is 11.3. The minimum atomic E-state index is -1.29. The maximum atomic E-state index is 13.2. The Kier molecular flexibility index (Phi) is 12.1. The van der Waals surface area contributed by atoms with Gasteiger partial charge in [-0.05, 0) is 65.8 Å². The van der Waals surface area contributed by atoms with E-state index in [9.17, 15) is 14.7 Å². The number of methoxy groups -OCH3 is 1. The summed E-state index contributed by atoms with van der Waals surface area (Å²) in [6.07, 6.45) is 2.18. The van der Waals surface area contributed by atoms with Gasteiger partial charge in [-0.3, -0.25) is 4.79 Å². The van der Waals surface area contributed by atoms with E-state index in [0.717, 1.165) is 33.6 Å². The summed E-state index contributed by atoms with van der Waals surface area (Å²) in [6, 6.07) is 19.9. The smallest absolute Gasteiger partial charge is 0.548 e. The van der Waals surface area contributed by atoms with Crippen molar-refractivity contribution >= 4 is 23.6 Å². The van der Waals surface area contributed by atoms with Crippen molar-refractivity contribution < 1.29 is 43.0 Å². The number of benzene rings is 3. The molecule has 0 radical (unpaired) electrons. The van der Waals surface area contributed by atoms with Crippen molar-refractivity contribution in [1.82, 2.24) is 5.32 Å². The van der Waals surface area contributed by atoms with Gasteiger partial charge in [-0.25, -0.2) is 0 Å². The van der Waals surface area contributed by atoms with Gasteiger partial charge in [0.05, 0.1) is 32.3 Å². The molecule has 1 amide bonds. The number of carbonyl (C=O) groups is 2. The molecule has 0 bridgehead atoms. The zero-order chi connectivity index (χ0) is 25.2. The molecule has 0 unspecified atom stereocenters. The molecule has 6 nitrogen and oxygen atoms in total. The number of rotatable bonds is 12. The van der Waals surface area contributed by atoms with Gasteiger partial charge in [0.1, 0.15) is 5.75 Å². The third-order valence-corrected chi connectivity index (χ3v) is 6.33. The third-order valence-electron chi connectivity index (χ3n) is 5.68. The standard InChI is InChI=1S/C28H31NO5S.Li/c1-19-8-4-6-10-22(19)24-16-20(17-34-18-21-9-5-7-11-26(21)33-2)12-13-23(24)27(30)29-25(28(31)32)14-15-35-3;/h4-13,16,25H,14-15,17-18H2,1-3H3,(H,29,30)(H,31,32);/q;+1/p-1/t25-;/m0./s1. The number of hydrogen-bond donors (Lipinski definition) is 1. The molecular weight excluding hydrogens is 469 g/mol. The first-order chi connectivity index (χ1) is 16.9. The molecule has 0 saturated carbocycles. The number of ether oxygens (including phenoxy) is 2. The van der Waals surface area contributed by atoms with E-state index in [1.807, 2.05) is 73.8 Å². The molecule has 1 atom stereocenters. The minimum absolute atomic E-state index is 0. The summed E-state index contributed by atoms with van der Waals surface area (Å²) in [5.41, 5.74) is 4.88. The van der Waals surface area contributed by atoms with Crippen molar-refractivity contribution in [3.05, 3.63) is 89.0 Å². The van der Waals surface area contributed by atoms with Gasteiger partial charge in [-0.1, -0.05) is 48.5 Å². The average Bonchev–Trinajstić information content (AvgIpc) is 2.86. The van der Waals surface area contributed by atoms with Crippen LogP contribution in [-0.2, 0) is 22.7 Å². The normalized spacial score (nSPS) is 11.3. The average molecular weight is 500 g/mol. The molecule has 0 saturated heterocycles.